The Morgan fingerprint density at radius 3 is 2.60 bits per heavy atom. The van der Waals surface area contributed by atoms with E-state index in [4.69, 9.17) is 9.84 Å². The summed E-state index contributed by atoms with van der Waals surface area (Å²) in [5.74, 6) is 2.76. The van der Waals surface area contributed by atoms with Crippen molar-refractivity contribution in [1.29, 1.82) is 0 Å². The highest BCUT2D eigenvalue weighted by atomic mass is 16.5. The quantitative estimate of drug-likeness (QED) is 0.573. The van der Waals surface area contributed by atoms with Crippen LogP contribution in [0.4, 0.5) is 11.5 Å². The zero-order valence-corrected chi connectivity index (χ0v) is 17.4. The number of anilines is 2. The smallest absolute Gasteiger partial charge is 0.168 e. The van der Waals surface area contributed by atoms with E-state index in [0.29, 0.717) is 23.5 Å². The topological polar surface area (TPSA) is 85.1 Å². The van der Waals surface area contributed by atoms with E-state index >= 15 is 0 Å². The number of rotatable bonds is 7. The van der Waals surface area contributed by atoms with Crippen LogP contribution in [0.1, 0.15) is 69.3 Å². The van der Waals surface area contributed by atoms with Crippen LogP contribution in [-0.2, 0) is 5.60 Å². The Balaban J connectivity index is 1.36. The van der Waals surface area contributed by atoms with E-state index in [9.17, 15) is 5.11 Å². The van der Waals surface area contributed by atoms with Crippen LogP contribution in [0.15, 0.2) is 42.9 Å². The van der Waals surface area contributed by atoms with Crippen LogP contribution in [0, 0.1) is 0 Å². The number of aromatic nitrogens is 4. The number of ether oxygens (including phenoxy) is 1. The zero-order chi connectivity index (χ0) is 20.7. The lowest BCUT2D eigenvalue weighted by Gasteiger charge is -2.24. The molecule has 7 nitrogen and oxygen atoms in total. The van der Waals surface area contributed by atoms with Crippen molar-refractivity contribution < 1.29 is 9.84 Å². The third-order valence-electron chi connectivity index (χ3n) is 5.76. The van der Waals surface area contributed by atoms with Crippen molar-refractivity contribution in [3.05, 3.63) is 54.2 Å². The molecule has 2 saturated carbocycles. The van der Waals surface area contributed by atoms with Gasteiger partial charge in [-0.1, -0.05) is 6.42 Å². The van der Waals surface area contributed by atoms with Crippen molar-refractivity contribution in [1.82, 2.24) is 19.7 Å². The summed E-state index contributed by atoms with van der Waals surface area (Å²) in [7, 11) is 0. The summed E-state index contributed by atoms with van der Waals surface area (Å²) in [6.07, 6.45) is 11.5. The summed E-state index contributed by atoms with van der Waals surface area (Å²) >= 11 is 0. The molecular weight excluding hydrogens is 378 g/mol. The third kappa shape index (κ3) is 4.03. The maximum Gasteiger partial charge on any atom is 0.168 e. The molecule has 30 heavy (non-hydrogen) atoms. The monoisotopic (exact) mass is 405 g/mol. The van der Waals surface area contributed by atoms with E-state index in [2.05, 4.69) is 26.2 Å². The first kappa shape index (κ1) is 19.1. The van der Waals surface area contributed by atoms with Gasteiger partial charge in [0.1, 0.15) is 22.9 Å². The minimum Gasteiger partial charge on any atom is -0.454 e. The second-order valence-corrected chi connectivity index (χ2v) is 8.81. The highest BCUT2D eigenvalue weighted by molar-refractivity contribution is 5.58. The Morgan fingerprint density at radius 2 is 1.90 bits per heavy atom. The Labute approximate surface area is 176 Å². The molecule has 0 spiro atoms. The Hall–Kier alpha value is -2.93. The maximum atomic E-state index is 10.2. The van der Waals surface area contributed by atoms with Gasteiger partial charge in [-0.15, -0.1) is 0 Å². The van der Waals surface area contributed by atoms with Crippen LogP contribution < -0.4 is 10.1 Å². The third-order valence-corrected chi connectivity index (χ3v) is 5.76. The molecule has 0 radical (unpaired) electrons. The van der Waals surface area contributed by atoms with E-state index in [1.54, 1.807) is 26.2 Å². The predicted octanol–water partition coefficient (Wildman–Crippen LogP) is 5.04. The molecule has 0 unspecified atom stereocenters. The van der Waals surface area contributed by atoms with Gasteiger partial charge in [0.15, 0.2) is 5.75 Å². The Morgan fingerprint density at radius 1 is 1.10 bits per heavy atom. The van der Waals surface area contributed by atoms with Crippen molar-refractivity contribution in [2.45, 2.75) is 63.5 Å². The predicted molar refractivity (Wildman–Crippen MR) is 114 cm³/mol. The lowest BCUT2D eigenvalue weighted by Crippen LogP contribution is -2.17. The summed E-state index contributed by atoms with van der Waals surface area (Å²) in [5, 5.41) is 18.3. The van der Waals surface area contributed by atoms with Gasteiger partial charge in [0.25, 0.3) is 0 Å². The minimum absolute atomic E-state index is 0.511. The fourth-order valence-corrected chi connectivity index (χ4v) is 3.62. The van der Waals surface area contributed by atoms with Gasteiger partial charge < -0.3 is 15.2 Å². The van der Waals surface area contributed by atoms with Crippen LogP contribution in [0.2, 0.25) is 0 Å². The molecule has 2 aliphatic carbocycles. The average molecular weight is 406 g/mol. The molecule has 3 aromatic heterocycles. The first-order valence-electron chi connectivity index (χ1n) is 10.6. The normalized spacial score (nSPS) is 16.9. The van der Waals surface area contributed by atoms with Gasteiger partial charge in [-0.3, -0.25) is 9.67 Å². The van der Waals surface area contributed by atoms with Crippen molar-refractivity contribution in [3.8, 4) is 11.5 Å². The summed E-state index contributed by atoms with van der Waals surface area (Å²) < 4.78 is 8.35. The van der Waals surface area contributed by atoms with Gasteiger partial charge >= 0.3 is 0 Å². The second-order valence-electron chi connectivity index (χ2n) is 8.81. The van der Waals surface area contributed by atoms with Crippen molar-refractivity contribution >= 4 is 11.5 Å². The zero-order valence-electron chi connectivity index (χ0n) is 17.4. The second kappa shape index (κ2) is 7.40. The number of hydrogen-bond acceptors (Lipinski definition) is 6. The number of aliphatic hydroxyl groups is 1. The molecule has 3 aromatic rings. The van der Waals surface area contributed by atoms with Crippen LogP contribution >= 0.6 is 0 Å². The maximum absolute atomic E-state index is 10.2. The number of nitrogens with zero attached hydrogens (tertiary/aromatic N) is 4. The van der Waals surface area contributed by atoms with Crippen molar-refractivity contribution in [2.75, 3.05) is 5.32 Å². The Kier molecular flexibility index (Phi) is 4.70. The Bertz CT molecular complexity index is 1050. The number of pyridine rings is 2. The van der Waals surface area contributed by atoms with Crippen LogP contribution in [-0.4, -0.2) is 24.9 Å². The molecule has 0 aromatic carbocycles. The molecule has 156 valence electrons. The number of hydrogen-bond donors (Lipinski definition) is 2. The summed E-state index contributed by atoms with van der Waals surface area (Å²) in [5.41, 5.74) is 1.49. The van der Waals surface area contributed by atoms with E-state index in [-0.39, 0.29) is 0 Å². The van der Waals surface area contributed by atoms with Crippen LogP contribution in [0.25, 0.3) is 0 Å². The standard InChI is InChI=1S/C23H27N5O2/c1-23(2,29)20-12-16(8-10-24-20)26-21-13-18(9-11-25-21)30-19-14-28(17-6-7-17)27-22(19)15-4-3-5-15/h8-15,17,29H,3-7H2,1-2H3,(H,24,25,26). The van der Waals surface area contributed by atoms with E-state index in [1.165, 1.54) is 32.1 Å². The van der Waals surface area contributed by atoms with Gasteiger partial charge in [0.05, 0.1) is 17.9 Å². The van der Waals surface area contributed by atoms with Gasteiger partial charge in [-0.2, -0.15) is 5.10 Å². The van der Waals surface area contributed by atoms with Gasteiger partial charge in [-0.05, 0) is 57.7 Å². The molecular formula is C23H27N5O2. The van der Waals surface area contributed by atoms with Crippen LogP contribution in [0.3, 0.4) is 0 Å². The molecule has 2 aliphatic rings. The van der Waals surface area contributed by atoms with E-state index < -0.39 is 5.60 Å². The first-order valence-corrected chi connectivity index (χ1v) is 10.6. The van der Waals surface area contributed by atoms with E-state index in [1.807, 2.05) is 24.3 Å². The molecule has 0 bridgehead atoms. The molecule has 2 N–H and O–H groups in total. The van der Waals surface area contributed by atoms with E-state index in [0.717, 1.165) is 22.9 Å². The van der Waals surface area contributed by atoms with Gasteiger partial charge in [0.2, 0.25) is 0 Å². The molecule has 0 aliphatic heterocycles. The molecule has 5 rings (SSSR count). The molecule has 2 fully saturated rings. The molecule has 0 saturated heterocycles. The summed E-state index contributed by atoms with van der Waals surface area (Å²) in [4.78, 5) is 8.64. The highest BCUT2D eigenvalue weighted by Crippen LogP contribution is 2.44. The average Bonchev–Trinajstić information content (AvgIpc) is 3.43. The lowest BCUT2D eigenvalue weighted by atomic mass is 9.83. The van der Waals surface area contributed by atoms with Gasteiger partial charge in [0, 0.05) is 30.1 Å². The molecule has 0 atom stereocenters. The fraction of sp³-hybridized carbons (Fsp3) is 0.435. The summed E-state index contributed by atoms with van der Waals surface area (Å²) in [6, 6.07) is 7.94. The first-order chi connectivity index (χ1) is 14.5. The number of nitrogens with one attached hydrogen (secondary N) is 1. The van der Waals surface area contributed by atoms with Gasteiger partial charge in [-0.25, -0.2) is 4.98 Å². The molecule has 7 heteroatoms. The lowest BCUT2D eigenvalue weighted by molar-refractivity contribution is 0.0739. The molecule has 0 amide bonds. The van der Waals surface area contributed by atoms with Crippen LogP contribution in [0.5, 0.6) is 11.5 Å². The largest absolute Gasteiger partial charge is 0.454 e. The molecule has 3 heterocycles. The van der Waals surface area contributed by atoms with Crippen molar-refractivity contribution in [2.24, 2.45) is 0 Å². The highest BCUT2D eigenvalue weighted by Gasteiger charge is 2.31. The summed E-state index contributed by atoms with van der Waals surface area (Å²) in [6.45, 7) is 3.43. The minimum atomic E-state index is -1.00. The SMILES string of the molecule is CC(C)(O)c1cc(Nc2cc(Oc3cn(C4CC4)nc3C3CCC3)ccn2)ccn1. The van der Waals surface area contributed by atoms with Crippen molar-refractivity contribution in [3.63, 3.8) is 0 Å². The fourth-order valence-electron chi connectivity index (χ4n) is 3.62.